The van der Waals surface area contributed by atoms with E-state index in [2.05, 4.69) is 0 Å². The van der Waals surface area contributed by atoms with Crippen LogP contribution in [0.3, 0.4) is 0 Å². The number of halogens is 1. The van der Waals surface area contributed by atoms with Crippen LogP contribution in [-0.4, -0.2) is 63.1 Å². The van der Waals surface area contributed by atoms with Gasteiger partial charge >= 0.3 is 0 Å². The van der Waals surface area contributed by atoms with Crippen LogP contribution in [0.1, 0.15) is 28.8 Å². The Balaban J connectivity index is 1.65. The molecule has 1 aliphatic rings. The molecule has 9 heteroatoms. The minimum Gasteiger partial charge on any atom is -0.493 e. The summed E-state index contributed by atoms with van der Waals surface area (Å²) in [6.07, 6.45) is 2.41. The molecule has 0 unspecified atom stereocenters. The van der Waals surface area contributed by atoms with Gasteiger partial charge in [-0.2, -0.15) is 0 Å². The molecule has 0 spiro atoms. The van der Waals surface area contributed by atoms with Gasteiger partial charge in [0.05, 0.1) is 13.4 Å². The molecular weight excluding hydrogens is 440 g/mol. The first-order valence-corrected chi connectivity index (χ1v) is 12.2. The Morgan fingerprint density at radius 3 is 2.45 bits per heavy atom. The van der Waals surface area contributed by atoms with E-state index >= 15 is 0 Å². The summed E-state index contributed by atoms with van der Waals surface area (Å²) in [7, 11) is -0.130. The van der Waals surface area contributed by atoms with Gasteiger partial charge in [0.1, 0.15) is 6.61 Å². The maximum atomic E-state index is 13.0. The molecule has 31 heavy (non-hydrogen) atoms. The van der Waals surface area contributed by atoms with Crippen LogP contribution in [0.15, 0.2) is 42.5 Å². The number of carbonyl (C=O) groups excluding carboxylic acids is 1. The Morgan fingerprint density at radius 2 is 1.84 bits per heavy atom. The van der Waals surface area contributed by atoms with Crippen LogP contribution in [0.25, 0.3) is 0 Å². The molecule has 1 heterocycles. The second-order valence-corrected chi connectivity index (χ2v) is 10.00. The average Bonchev–Trinajstić information content (AvgIpc) is 2.77. The minimum atomic E-state index is -3.24. The smallest absolute Gasteiger partial charge is 0.253 e. The average molecular weight is 467 g/mol. The lowest BCUT2D eigenvalue weighted by molar-refractivity contribution is 0.0686. The zero-order valence-electron chi connectivity index (χ0n) is 17.9. The van der Waals surface area contributed by atoms with Crippen molar-refractivity contribution >= 4 is 27.5 Å². The van der Waals surface area contributed by atoms with Crippen molar-refractivity contribution in [1.82, 2.24) is 9.21 Å². The minimum absolute atomic E-state index is 0.0887. The van der Waals surface area contributed by atoms with Crippen molar-refractivity contribution in [2.75, 3.05) is 33.5 Å². The number of hydrogen-bond donors (Lipinski definition) is 0. The van der Waals surface area contributed by atoms with Crippen molar-refractivity contribution < 1.29 is 22.7 Å². The molecule has 0 saturated carbocycles. The van der Waals surface area contributed by atoms with Crippen molar-refractivity contribution in [3.8, 4) is 11.5 Å². The molecule has 2 aromatic carbocycles. The molecule has 0 aromatic heterocycles. The van der Waals surface area contributed by atoms with E-state index in [-0.39, 0.29) is 18.6 Å². The monoisotopic (exact) mass is 466 g/mol. The first kappa shape index (κ1) is 23.4. The third-order valence-electron chi connectivity index (χ3n) is 5.54. The number of benzene rings is 2. The number of amides is 1. The highest BCUT2D eigenvalue weighted by atomic mass is 35.5. The van der Waals surface area contributed by atoms with Crippen LogP contribution >= 0.6 is 11.6 Å². The molecule has 0 aliphatic carbocycles. The first-order chi connectivity index (χ1) is 14.7. The van der Waals surface area contributed by atoms with E-state index in [0.29, 0.717) is 48.0 Å². The Labute approximate surface area is 188 Å². The maximum absolute atomic E-state index is 13.0. The lowest BCUT2D eigenvalue weighted by atomic mass is 10.0. The van der Waals surface area contributed by atoms with E-state index < -0.39 is 10.0 Å². The van der Waals surface area contributed by atoms with Gasteiger partial charge in [0.2, 0.25) is 10.0 Å². The number of hydrogen-bond acceptors (Lipinski definition) is 5. The molecule has 3 rings (SSSR count). The second kappa shape index (κ2) is 9.89. The Morgan fingerprint density at radius 1 is 1.16 bits per heavy atom. The summed E-state index contributed by atoms with van der Waals surface area (Å²) >= 11 is 6.17. The maximum Gasteiger partial charge on any atom is 0.253 e. The summed E-state index contributed by atoms with van der Waals surface area (Å²) < 4.78 is 36.2. The molecule has 168 valence electrons. The SMILES string of the molecule is COc1cc(C(=O)N2CCC(N(C)S(C)(=O)=O)CC2)ccc1OCc1ccccc1Cl. The first-order valence-electron chi connectivity index (χ1n) is 9.97. The Kier molecular flexibility index (Phi) is 7.46. The third-order valence-corrected chi connectivity index (χ3v) is 7.25. The quantitative estimate of drug-likeness (QED) is 0.625. The van der Waals surface area contributed by atoms with Crippen LogP contribution in [0.4, 0.5) is 0 Å². The number of piperidine rings is 1. The molecule has 1 saturated heterocycles. The molecule has 2 aromatic rings. The summed E-state index contributed by atoms with van der Waals surface area (Å²) in [5, 5.41) is 0.623. The molecule has 1 fully saturated rings. The number of ether oxygens (including phenoxy) is 2. The summed E-state index contributed by atoms with van der Waals surface area (Å²) in [6.45, 7) is 1.28. The van der Waals surface area contributed by atoms with Gasteiger partial charge in [-0.25, -0.2) is 12.7 Å². The van der Waals surface area contributed by atoms with E-state index in [1.165, 1.54) is 17.7 Å². The molecule has 1 aliphatic heterocycles. The van der Waals surface area contributed by atoms with E-state index in [4.69, 9.17) is 21.1 Å². The molecule has 0 atom stereocenters. The van der Waals surface area contributed by atoms with E-state index in [1.807, 2.05) is 18.2 Å². The van der Waals surface area contributed by atoms with Gasteiger partial charge in [-0.15, -0.1) is 0 Å². The standard InChI is InChI=1S/C22H27ClN2O5S/c1-24(31(3,27)28)18-10-12-25(13-11-18)22(26)16-8-9-20(21(14-16)29-2)30-15-17-6-4-5-7-19(17)23/h4-9,14,18H,10-13,15H2,1-3H3. The number of sulfonamides is 1. The Hall–Kier alpha value is -2.29. The van der Waals surface area contributed by atoms with Crippen molar-refractivity contribution in [2.24, 2.45) is 0 Å². The lowest BCUT2D eigenvalue weighted by Crippen LogP contribution is -2.47. The fourth-order valence-electron chi connectivity index (χ4n) is 3.58. The molecule has 0 bridgehead atoms. The van der Waals surface area contributed by atoms with Gasteiger partial charge in [-0.3, -0.25) is 4.79 Å². The predicted octanol–water partition coefficient (Wildman–Crippen LogP) is 3.42. The summed E-state index contributed by atoms with van der Waals surface area (Å²) in [5.74, 6) is 0.869. The number of carbonyl (C=O) groups is 1. The predicted molar refractivity (Wildman–Crippen MR) is 120 cm³/mol. The number of methoxy groups -OCH3 is 1. The van der Waals surface area contributed by atoms with Crippen molar-refractivity contribution in [3.05, 3.63) is 58.6 Å². The fraction of sp³-hybridized carbons (Fsp3) is 0.409. The van der Waals surface area contributed by atoms with Crippen LogP contribution in [0.2, 0.25) is 5.02 Å². The zero-order chi connectivity index (χ0) is 22.6. The molecular formula is C22H27ClN2O5S. The van der Waals surface area contributed by atoms with Gasteiger partial charge in [-0.05, 0) is 37.1 Å². The van der Waals surface area contributed by atoms with Crippen LogP contribution < -0.4 is 9.47 Å². The highest BCUT2D eigenvalue weighted by molar-refractivity contribution is 7.88. The van der Waals surface area contributed by atoms with Gasteiger partial charge in [0, 0.05) is 42.3 Å². The lowest BCUT2D eigenvalue weighted by Gasteiger charge is -2.35. The fourth-order valence-corrected chi connectivity index (χ4v) is 4.52. The zero-order valence-corrected chi connectivity index (χ0v) is 19.4. The van der Waals surface area contributed by atoms with Crippen molar-refractivity contribution in [3.63, 3.8) is 0 Å². The third kappa shape index (κ3) is 5.70. The van der Waals surface area contributed by atoms with Crippen LogP contribution in [-0.2, 0) is 16.6 Å². The number of nitrogens with zero attached hydrogens (tertiary/aromatic N) is 2. The van der Waals surface area contributed by atoms with Crippen molar-refractivity contribution in [2.45, 2.75) is 25.5 Å². The molecule has 0 N–H and O–H groups in total. The van der Waals surface area contributed by atoms with E-state index in [1.54, 1.807) is 36.2 Å². The Bertz CT molecular complexity index is 1040. The van der Waals surface area contributed by atoms with Crippen molar-refractivity contribution in [1.29, 1.82) is 0 Å². The number of rotatable bonds is 7. The topological polar surface area (TPSA) is 76.2 Å². The number of likely N-dealkylation sites (tertiary alicyclic amines) is 1. The summed E-state index contributed by atoms with van der Waals surface area (Å²) in [6, 6.07) is 12.4. The summed E-state index contributed by atoms with van der Waals surface area (Å²) in [5.41, 5.74) is 1.35. The summed E-state index contributed by atoms with van der Waals surface area (Å²) in [4.78, 5) is 14.7. The van der Waals surface area contributed by atoms with Gasteiger partial charge in [0.15, 0.2) is 11.5 Å². The van der Waals surface area contributed by atoms with Gasteiger partial charge < -0.3 is 14.4 Å². The van der Waals surface area contributed by atoms with E-state index in [0.717, 1.165) is 5.56 Å². The van der Waals surface area contributed by atoms with Gasteiger partial charge in [-0.1, -0.05) is 29.8 Å². The second-order valence-electron chi connectivity index (χ2n) is 7.55. The highest BCUT2D eigenvalue weighted by Gasteiger charge is 2.29. The normalized spacial score (nSPS) is 15.2. The highest BCUT2D eigenvalue weighted by Crippen LogP contribution is 2.30. The molecule has 0 radical (unpaired) electrons. The molecule has 1 amide bonds. The van der Waals surface area contributed by atoms with Crippen LogP contribution in [0, 0.1) is 0 Å². The van der Waals surface area contributed by atoms with E-state index in [9.17, 15) is 13.2 Å². The largest absolute Gasteiger partial charge is 0.493 e. The molecule has 7 nitrogen and oxygen atoms in total. The van der Waals surface area contributed by atoms with Gasteiger partial charge in [0.25, 0.3) is 5.91 Å². The van der Waals surface area contributed by atoms with Crippen LogP contribution in [0.5, 0.6) is 11.5 Å².